The number of H-pyrrole nitrogens is 1. The number of rotatable bonds is 2. The molecule has 14 heavy (non-hydrogen) atoms. The van der Waals surface area contributed by atoms with Crippen molar-refractivity contribution in [2.24, 2.45) is 0 Å². The Bertz CT molecular complexity index is 420. The first-order valence-electron chi connectivity index (χ1n) is 4.15. The molecule has 0 unspecified atom stereocenters. The summed E-state index contributed by atoms with van der Waals surface area (Å²) < 4.78 is 0. The largest absolute Gasteiger partial charge is 0.341 e. The molecule has 0 aliphatic heterocycles. The summed E-state index contributed by atoms with van der Waals surface area (Å²) in [4.78, 5) is 7.32. The molecule has 0 aliphatic carbocycles. The Morgan fingerprint density at radius 2 is 1.93 bits per heavy atom. The molecule has 2 aromatic rings. The fourth-order valence-corrected chi connectivity index (χ4v) is 1.44. The van der Waals surface area contributed by atoms with Crippen molar-refractivity contribution in [2.75, 3.05) is 0 Å². The van der Waals surface area contributed by atoms with Crippen LogP contribution in [0.25, 0.3) is 11.4 Å². The molecule has 0 radical (unpaired) electrons. The molecule has 4 heteroatoms. The van der Waals surface area contributed by atoms with E-state index >= 15 is 0 Å². The number of hydrogen-bond acceptors (Lipinski definition) is 1. The minimum absolute atomic E-state index is 0.445. The fourth-order valence-electron chi connectivity index (χ4n) is 1.18. The minimum Gasteiger partial charge on any atom is -0.341 e. The van der Waals surface area contributed by atoms with E-state index in [1.807, 2.05) is 24.3 Å². The number of nitrogens with one attached hydrogen (secondary N) is 1. The molecule has 0 spiro atoms. The second kappa shape index (κ2) is 4.03. The zero-order valence-corrected chi connectivity index (χ0v) is 8.81. The lowest BCUT2D eigenvalue weighted by Crippen LogP contribution is -1.80. The van der Waals surface area contributed by atoms with Crippen molar-refractivity contribution >= 4 is 23.2 Å². The van der Waals surface area contributed by atoms with E-state index in [9.17, 15) is 0 Å². The molecule has 1 N–H and O–H groups in total. The molecule has 72 valence electrons. The van der Waals surface area contributed by atoms with Crippen molar-refractivity contribution in [3.05, 3.63) is 41.2 Å². The molecule has 0 aliphatic rings. The maximum Gasteiger partial charge on any atom is 0.137 e. The Hall–Kier alpha value is -0.990. The summed E-state index contributed by atoms with van der Waals surface area (Å²) in [5, 5.41) is 0.720. The lowest BCUT2D eigenvalue weighted by atomic mass is 10.2. The van der Waals surface area contributed by atoms with Gasteiger partial charge in [-0.05, 0) is 24.3 Å². The Morgan fingerprint density at radius 3 is 2.50 bits per heavy atom. The number of aromatic amines is 1. The molecule has 0 amide bonds. The van der Waals surface area contributed by atoms with Crippen LogP contribution in [0.3, 0.4) is 0 Å². The number of halogens is 2. The highest BCUT2D eigenvalue weighted by molar-refractivity contribution is 6.30. The summed E-state index contributed by atoms with van der Waals surface area (Å²) in [7, 11) is 0. The molecule has 1 aromatic heterocycles. The van der Waals surface area contributed by atoms with E-state index in [4.69, 9.17) is 23.2 Å². The topological polar surface area (TPSA) is 28.7 Å². The summed E-state index contributed by atoms with van der Waals surface area (Å²) in [6.07, 6.45) is 1.73. The zero-order valence-electron chi connectivity index (χ0n) is 7.30. The van der Waals surface area contributed by atoms with Crippen LogP contribution in [-0.2, 0) is 5.88 Å². The van der Waals surface area contributed by atoms with Crippen molar-refractivity contribution in [1.82, 2.24) is 9.97 Å². The molecule has 0 bridgehead atoms. The maximum absolute atomic E-state index is 5.78. The molecular weight excluding hydrogens is 219 g/mol. The number of aromatic nitrogens is 2. The molecule has 0 fully saturated rings. The van der Waals surface area contributed by atoms with Gasteiger partial charge in [0, 0.05) is 22.5 Å². The molecule has 0 atom stereocenters. The van der Waals surface area contributed by atoms with Crippen molar-refractivity contribution in [1.29, 1.82) is 0 Å². The van der Waals surface area contributed by atoms with Gasteiger partial charge in [-0.3, -0.25) is 0 Å². The van der Waals surface area contributed by atoms with E-state index in [2.05, 4.69) is 9.97 Å². The Morgan fingerprint density at radius 1 is 1.21 bits per heavy atom. The van der Waals surface area contributed by atoms with Crippen molar-refractivity contribution in [3.8, 4) is 11.4 Å². The molecule has 2 nitrogen and oxygen atoms in total. The molecule has 2 rings (SSSR count). The summed E-state index contributed by atoms with van der Waals surface area (Å²) >= 11 is 11.4. The van der Waals surface area contributed by atoms with Gasteiger partial charge < -0.3 is 4.98 Å². The summed E-state index contributed by atoms with van der Waals surface area (Å²) in [5.41, 5.74) is 1.92. The van der Waals surface area contributed by atoms with Gasteiger partial charge >= 0.3 is 0 Å². The average Bonchev–Trinajstić information content (AvgIpc) is 2.67. The van der Waals surface area contributed by atoms with Gasteiger partial charge in [0.05, 0.1) is 5.88 Å². The Balaban J connectivity index is 2.34. The molecule has 0 saturated carbocycles. The smallest absolute Gasteiger partial charge is 0.137 e. The number of benzene rings is 1. The van der Waals surface area contributed by atoms with Gasteiger partial charge in [0.1, 0.15) is 5.82 Å². The SMILES string of the molecule is ClCc1cnc(-c2ccc(Cl)cc2)[nH]1. The standard InChI is InChI=1S/C10H8Cl2N2/c11-5-9-6-13-10(14-9)7-1-3-8(12)4-2-7/h1-4,6H,5H2,(H,13,14). The van der Waals surface area contributed by atoms with Gasteiger partial charge in [0.15, 0.2) is 0 Å². The molecule has 1 aromatic carbocycles. The highest BCUT2D eigenvalue weighted by atomic mass is 35.5. The maximum atomic E-state index is 5.78. The Labute approximate surface area is 91.9 Å². The number of nitrogens with zero attached hydrogens (tertiary/aromatic N) is 1. The summed E-state index contributed by atoms with van der Waals surface area (Å²) in [6.45, 7) is 0. The van der Waals surface area contributed by atoms with Gasteiger partial charge in [-0.2, -0.15) is 0 Å². The van der Waals surface area contributed by atoms with E-state index in [0.29, 0.717) is 5.88 Å². The fraction of sp³-hybridized carbons (Fsp3) is 0.100. The number of hydrogen-bond donors (Lipinski definition) is 1. The first-order chi connectivity index (χ1) is 6.79. The van der Waals surface area contributed by atoms with Crippen LogP contribution < -0.4 is 0 Å². The lowest BCUT2D eigenvalue weighted by molar-refractivity contribution is 1.22. The second-order valence-corrected chi connectivity index (χ2v) is 3.60. The zero-order chi connectivity index (χ0) is 9.97. The van der Waals surface area contributed by atoms with Crippen LogP contribution in [0.4, 0.5) is 0 Å². The first kappa shape index (κ1) is 9.56. The van der Waals surface area contributed by atoms with Crippen molar-refractivity contribution < 1.29 is 0 Å². The molecule has 0 saturated heterocycles. The van der Waals surface area contributed by atoms with Crippen LogP contribution >= 0.6 is 23.2 Å². The van der Waals surface area contributed by atoms with Crippen LogP contribution in [-0.4, -0.2) is 9.97 Å². The van der Waals surface area contributed by atoms with Gasteiger partial charge in [0.2, 0.25) is 0 Å². The van der Waals surface area contributed by atoms with Crippen LogP contribution in [0, 0.1) is 0 Å². The van der Waals surface area contributed by atoms with Crippen LogP contribution in [0.5, 0.6) is 0 Å². The first-order valence-corrected chi connectivity index (χ1v) is 5.06. The molecular formula is C10H8Cl2N2. The van der Waals surface area contributed by atoms with E-state index in [1.165, 1.54) is 0 Å². The van der Waals surface area contributed by atoms with Gasteiger partial charge in [-0.25, -0.2) is 4.98 Å². The lowest BCUT2D eigenvalue weighted by Gasteiger charge is -1.96. The third-order valence-corrected chi connectivity index (χ3v) is 2.43. The molecule has 1 heterocycles. The van der Waals surface area contributed by atoms with Gasteiger partial charge in [-0.1, -0.05) is 11.6 Å². The van der Waals surface area contributed by atoms with Crippen LogP contribution in [0.2, 0.25) is 5.02 Å². The number of imidazole rings is 1. The van der Waals surface area contributed by atoms with Crippen molar-refractivity contribution in [2.45, 2.75) is 5.88 Å². The van der Waals surface area contributed by atoms with E-state index < -0.39 is 0 Å². The summed E-state index contributed by atoms with van der Waals surface area (Å²) in [5.74, 6) is 1.26. The Kier molecular flexibility index (Phi) is 2.75. The summed E-state index contributed by atoms with van der Waals surface area (Å²) in [6, 6.07) is 7.50. The van der Waals surface area contributed by atoms with E-state index in [1.54, 1.807) is 6.20 Å². The highest BCUT2D eigenvalue weighted by Crippen LogP contribution is 2.18. The third-order valence-electron chi connectivity index (χ3n) is 1.89. The second-order valence-electron chi connectivity index (χ2n) is 2.90. The van der Waals surface area contributed by atoms with Crippen LogP contribution in [0.1, 0.15) is 5.69 Å². The van der Waals surface area contributed by atoms with Gasteiger partial charge in [-0.15, -0.1) is 11.6 Å². The normalized spacial score (nSPS) is 10.4. The quantitative estimate of drug-likeness (QED) is 0.781. The van der Waals surface area contributed by atoms with E-state index in [-0.39, 0.29) is 0 Å². The van der Waals surface area contributed by atoms with Gasteiger partial charge in [0.25, 0.3) is 0 Å². The minimum atomic E-state index is 0.445. The number of alkyl halides is 1. The predicted molar refractivity (Wildman–Crippen MR) is 58.6 cm³/mol. The highest BCUT2D eigenvalue weighted by Gasteiger charge is 2.01. The monoisotopic (exact) mass is 226 g/mol. The van der Waals surface area contributed by atoms with Crippen molar-refractivity contribution in [3.63, 3.8) is 0 Å². The van der Waals surface area contributed by atoms with Crippen LogP contribution in [0.15, 0.2) is 30.5 Å². The average molecular weight is 227 g/mol. The predicted octanol–water partition coefficient (Wildman–Crippen LogP) is 3.47. The third kappa shape index (κ3) is 1.91. The van der Waals surface area contributed by atoms with E-state index in [0.717, 1.165) is 22.1 Å².